The zero-order valence-electron chi connectivity index (χ0n) is 13.8. The highest BCUT2D eigenvalue weighted by Crippen LogP contribution is 2.27. The van der Waals surface area contributed by atoms with Crippen molar-refractivity contribution in [1.82, 2.24) is 14.9 Å². The molecule has 1 rings (SSSR count). The number of nitrogens with zero attached hydrogens (tertiary/aromatic N) is 1. The molecule has 0 aliphatic rings. The van der Waals surface area contributed by atoms with Crippen molar-refractivity contribution in [1.29, 1.82) is 0 Å². The zero-order chi connectivity index (χ0) is 17.5. The fraction of sp³-hybridized carbons (Fsp3) is 0.500. The molecule has 23 heavy (non-hydrogen) atoms. The first-order chi connectivity index (χ1) is 10.8. The van der Waals surface area contributed by atoms with Crippen molar-refractivity contribution in [2.24, 2.45) is 0 Å². The monoisotopic (exact) mass is 345 g/mol. The molecule has 130 valence electrons. The minimum atomic E-state index is -3.87. The molecule has 0 unspecified atom stereocenters. The lowest BCUT2D eigenvalue weighted by Crippen LogP contribution is -2.39. The summed E-state index contributed by atoms with van der Waals surface area (Å²) >= 11 is 0. The van der Waals surface area contributed by atoms with E-state index in [0.717, 1.165) is 0 Å². The van der Waals surface area contributed by atoms with Gasteiger partial charge >= 0.3 is 0 Å². The molecule has 0 atom stereocenters. The number of likely N-dealkylation sites (N-methyl/N-ethyl adjacent to an activating group) is 1. The first-order valence-corrected chi connectivity index (χ1v) is 8.41. The van der Waals surface area contributed by atoms with Crippen LogP contribution in [0.3, 0.4) is 0 Å². The van der Waals surface area contributed by atoms with E-state index in [9.17, 15) is 13.2 Å². The average molecular weight is 345 g/mol. The summed E-state index contributed by atoms with van der Waals surface area (Å²) in [6, 6.07) is 4.34. The van der Waals surface area contributed by atoms with E-state index in [1.807, 2.05) is 19.0 Å². The first kappa shape index (κ1) is 19.2. The van der Waals surface area contributed by atoms with Crippen LogP contribution in [0.5, 0.6) is 11.5 Å². The fourth-order valence-corrected chi connectivity index (χ4v) is 2.85. The van der Waals surface area contributed by atoms with Crippen molar-refractivity contribution in [2.45, 2.75) is 4.90 Å². The summed E-state index contributed by atoms with van der Waals surface area (Å²) in [5.41, 5.74) is 0. The number of methoxy groups -OCH3 is 2. The third-order valence-electron chi connectivity index (χ3n) is 2.96. The standard InChI is InChI=1S/C14H23N3O5S/c1-17(2)8-7-15-14(18)10-16-23(19,20)13-6-5-11(21-3)9-12(13)22-4/h5-6,9,16H,7-8,10H2,1-4H3,(H,15,18). The summed E-state index contributed by atoms with van der Waals surface area (Å²) in [5.74, 6) is 0.218. The number of carbonyl (C=O) groups is 1. The van der Waals surface area contributed by atoms with Crippen LogP contribution in [0.25, 0.3) is 0 Å². The molecule has 0 spiro atoms. The second kappa shape index (κ2) is 8.70. The Bertz CT molecular complexity index is 631. The summed E-state index contributed by atoms with van der Waals surface area (Å²) in [5, 5.41) is 2.63. The van der Waals surface area contributed by atoms with E-state index >= 15 is 0 Å². The molecule has 1 aromatic rings. The number of amides is 1. The summed E-state index contributed by atoms with van der Waals surface area (Å²) < 4.78 is 36.9. The van der Waals surface area contributed by atoms with Gasteiger partial charge in [0.2, 0.25) is 15.9 Å². The lowest BCUT2D eigenvalue weighted by atomic mass is 10.3. The molecular formula is C14H23N3O5S. The minimum Gasteiger partial charge on any atom is -0.497 e. The highest BCUT2D eigenvalue weighted by Gasteiger charge is 2.20. The SMILES string of the molecule is COc1ccc(S(=O)(=O)NCC(=O)NCCN(C)C)c(OC)c1. The lowest BCUT2D eigenvalue weighted by molar-refractivity contribution is -0.119. The number of carbonyl (C=O) groups excluding carboxylic acids is 1. The highest BCUT2D eigenvalue weighted by molar-refractivity contribution is 7.89. The summed E-state index contributed by atoms with van der Waals surface area (Å²) in [6.07, 6.45) is 0. The van der Waals surface area contributed by atoms with E-state index in [-0.39, 0.29) is 17.2 Å². The van der Waals surface area contributed by atoms with Crippen molar-refractivity contribution >= 4 is 15.9 Å². The second-order valence-corrected chi connectivity index (χ2v) is 6.73. The van der Waals surface area contributed by atoms with Crippen LogP contribution in [0, 0.1) is 0 Å². The molecule has 0 radical (unpaired) electrons. The molecule has 0 aromatic heterocycles. The van der Waals surface area contributed by atoms with E-state index < -0.39 is 15.9 Å². The molecule has 8 nitrogen and oxygen atoms in total. The Labute approximate surface area is 136 Å². The number of rotatable bonds is 9. The number of hydrogen-bond acceptors (Lipinski definition) is 6. The van der Waals surface area contributed by atoms with E-state index in [1.54, 1.807) is 0 Å². The van der Waals surface area contributed by atoms with Crippen molar-refractivity contribution in [2.75, 3.05) is 47.9 Å². The van der Waals surface area contributed by atoms with Gasteiger partial charge in [-0.1, -0.05) is 0 Å². The Morgan fingerprint density at radius 2 is 1.91 bits per heavy atom. The predicted octanol–water partition coefficient (Wildman–Crippen LogP) is -0.340. The summed E-state index contributed by atoms with van der Waals surface area (Å²) in [7, 11) is 2.73. The van der Waals surface area contributed by atoms with Crippen molar-refractivity contribution < 1.29 is 22.7 Å². The van der Waals surface area contributed by atoms with Gasteiger partial charge < -0.3 is 19.7 Å². The Kier molecular flexibility index (Phi) is 7.27. The molecule has 0 bridgehead atoms. The van der Waals surface area contributed by atoms with Gasteiger partial charge in [-0.15, -0.1) is 0 Å². The minimum absolute atomic E-state index is 0.0538. The Morgan fingerprint density at radius 1 is 1.22 bits per heavy atom. The van der Waals surface area contributed by atoms with Crippen LogP contribution in [-0.4, -0.2) is 67.2 Å². The summed E-state index contributed by atoms with van der Waals surface area (Å²) in [4.78, 5) is 13.5. The number of benzene rings is 1. The zero-order valence-corrected chi connectivity index (χ0v) is 14.6. The molecule has 1 aromatic carbocycles. The predicted molar refractivity (Wildman–Crippen MR) is 86.3 cm³/mol. The fourth-order valence-electron chi connectivity index (χ4n) is 1.72. The summed E-state index contributed by atoms with van der Waals surface area (Å²) in [6.45, 7) is 0.773. The third-order valence-corrected chi connectivity index (χ3v) is 4.40. The van der Waals surface area contributed by atoms with Crippen LogP contribution >= 0.6 is 0 Å². The maximum Gasteiger partial charge on any atom is 0.244 e. The molecule has 2 N–H and O–H groups in total. The molecule has 9 heteroatoms. The maximum absolute atomic E-state index is 12.3. The van der Waals surface area contributed by atoms with Crippen molar-refractivity contribution in [3.63, 3.8) is 0 Å². The van der Waals surface area contributed by atoms with Crippen LogP contribution in [-0.2, 0) is 14.8 Å². The van der Waals surface area contributed by atoms with Gasteiger partial charge in [0.25, 0.3) is 0 Å². The maximum atomic E-state index is 12.3. The van der Waals surface area contributed by atoms with Crippen molar-refractivity contribution in [3.05, 3.63) is 18.2 Å². The van der Waals surface area contributed by atoms with Crippen LogP contribution in [0.1, 0.15) is 0 Å². The first-order valence-electron chi connectivity index (χ1n) is 6.93. The van der Waals surface area contributed by atoms with Gasteiger partial charge in [-0.2, -0.15) is 0 Å². The van der Waals surface area contributed by atoms with Gasteiger partial charge in [0.1, 0.15) is 16.4 Å². The number of nitrogens with one attached hydrogen (secondary N) is 2. The normalized spacial score (nSPS) is 11.3. The molecular weight excluding hydrogens is 322 g/mol. The van der Waals surface area contributed by atoms with E-state index in [0.29, 0.717) is 18.8 Å². The van der Waals surface area contributed by atoms with Gasteiger partial charge in [-0.25, -0.2) is 13.1 Å². The van der Waals surface area contributed by atoms with Gasteiger partial charge in [-0.05, 0) is 26.2 Å². The highest BCUT2D eigenvalue weighted by atomic mass is 32.2. The largest absolute Gasteiger partial charge is 0.497 e. The Morgan fingerprint density at radius 3 is 2.48 bits per heavy atom. The molecule has 1 amide bonds. The quantitative estimate of drug-likeness (QED) is 0.636. The molecule has 0 saturated heterocycles. The van der Waals surface area contributed by atoms with E-state index in [2.05, 4.69) is 10.0 Å². The molecule has 0 fully saturated rings. The Balaban J connectivity index is 2.71. The van der Waals surface area contributed by atoms with Crippen LogP contribution in [0.15, 0.2) is 23.1 Å². The van der Waals surface area contributed by atoms with Crippen molar-refractivity contribution in [3.8, 4) is 11.5 Å². The molecule has 0 heterocycles. The number of ether oxygens (including phenoxy) is 2. The smallest absolute Gasteiger partial charge is 0.244 e. The van der Waals surface area contributed by atoms with Gasteiger partial charge in [-0.3, -0.25) is 4.79 Å². The van der Waals surface area contributed by atoms with Gasteiger partial charge in [0.05, 0.1) is 20.8 Å². The van der Waals surface area contributed by atoms with Gasteiger partial charge in [0, 0.05) is 19.2 Å². The van der Waals surface area contributed by atoms with Crippen LogP contribution in [0.4, 0.5) is 0 Å². The van der Waals surface area contributed by atoms with E-state index in [4.69, 9.17) is 9.47 Å². The number of hydrogen-bond donors (Lipinski definition) is 2. The molecule has 0 aliphatic heterocycles. The van der Waals surface area contributed by atoms with Crippen LogP contribution < -0.4 is 19.5 Å². The van der Waals surface area contributed by atoms with E-state index in [1.165, 1.54) is 32.4 Å². The Hall–Kier alpha value is -1.84. The molecule has 0 saturated carbocycles. The van der Waals surface area contributed by atoms with Crippen LogP contribution in [0.2, 0.25) is 0 Å². The van der Waals surface area contributed by atoms with Gasteiger partial charge in [0.15, 0.2) is 0 Å². The lowest BCUT2D eigenvalue weighted by Gasteiger charge is -2.13. The third kappa shape index (κ3) is 6.05. The number of sulfonamides is 1. The molecule has 0 aliphatic carbocycles. The average Bonchev–Trinajstić information content (AvgIpc) is 2.52. The second-order valence-electron chi connectivity index (χ2n) is 4.99. The topological polar surface area (TPSA) is 97.0 Å².